The van der Waals surface area contributed by atoms with Gasteiger partial charge in [0.2, 0.25) is 0 Å². The first-order valence-electron chi connectivity index (χ1n) is 7.67. The molecular formula is C18H20FNO. The summed E-state index contributed by atoms with van der Waals surface area (Å²) >= 11 is 0. The van der Waals surface area contributed by atoms with Gasteiger partial charge in [0.25, 0.3) is 5.91 Å². The van der Waals surface area contributed by atoms with Crippen LogP contribution in [0, 0.1) is 11.7 Å². The summed E-state index contributed by atoms with van der Waals surface area (Å²) in [6, 6.07) is 10.2. The van der Waals surface area contributed by atoms with E-state index in [0.717, 1.165) is 25.9 Å². The molecule has 0 radical (unpaired) electrons. The maximum Gasteiger partial charge on any atom is 0.254 e. The van der Waals surface area contributed by atoms with Gasteiger partial charge in [-0.1, -0.05) is 37.6 Å². The van der Waals surface area contributed by atoms with Gasteiger partial charge in [-0.25, -0.2) is 4.39 Å². The fourth-order valence-corrected chi connectivity index (χ4v) is 3.20. The molecule has 0 aromatic heterocycles. The van der Waals surface area contributed by atoms with Crippen LogP contribution in [-0.2, 0) is 0 Å². The molecule has 21 heavy (non-hydrogen) atoms. The number of piperidine rings is 1. The number of fused-ring (bicyclic) bond motifs is 1. The molecule has 0 bridgehead atoms. The quantitative estimate of drug-likeness (QED) is 0.808. The summed E-state index contributed by atoms with van der Waals surface area (Å²) in [5, 5.41) is 1.23. The van der Waals surface area contributed by atoms with Gasteiger partial charge < -0.3 is 4.90 Å². The molecule has 1 aliphatic heterocycles. The van der Waals surface area contributed by atoms with Crippen LogP contribution < -0.4 is 0 Å². The topological polar surface area (TPSA) is 20.3 Å². The zero-order chi connectivity index (χ0) is 14.8. The lowest BCUT2D eigenvalue weighted by atomic mass is 9.94. The van der Waals surface area contributed by atoms with Crippen LogP contribution in [0.2, 0.25) is 0 Å². The molecule has 0 spiro atoms. The van der Waals surface area contributed by atoms with Crippen molar-refractivity contribution in [3.8, 4) is 0 Å². The molecule has 2 aromatic carbocycles. The highest BCUT2D eigenvalue weighted by molar-refractivity contribution is 6.07. The van der Waals surface area contributed by atoms with E-state index in [1.165, 1.54) is 12.5 Å². The minimum atomic E-state index is -0.271. The Morgan fingerprint density at radius 2 is 2.00 bits per heavy atom. The van der Waals surface area contributed by atoms with Crippen LogP contribution in [0.15, 0.2) is 36.4 Å². The summed E-state index contributed by atoms with van der Waals surface area (Å²) in [6.45, 7) is 3.80. The van der Waals surface area contributed by atoms with Gasteiger partial charge in [-0.05, 0) is 36.3 Å². The number of likely N-dealkylation sites (tertiary alicyclic amines) is 1. The Kier molecular flexibility index (Phi) is 3.91. The predicted octanol–water partition coefficient (Wildman–Crippen LogP) is 4.24. The molecule has 1 atom stereocenters. The number of carbonyl (C=O) groups is 1. The highest BCUT2D eigenvalue weighted by Gasteiger charge is 2.24. The van der Waals surface area contributed by atoms with Crippen molar-refractivity contribution < 1.29 is 9.18 Å². The highest BCUT2D eigenvalue weighted by Crippen LogP contribution is 2.26. The second-order valence-electron chi connectivity index (χ2n) is 5.81. The van der Waals surface area contributed by atoms with Gasteiger partial charge in [0.15, 0.2) is 0 Å². The molecule has 1 fully saturated rings. The lowest BCUT2D eigenvalue weighted by Crippen LogP contribution is -2.39. The number of amides is 1. The maximum absolute atomic E-state index is 13.9. The Morgan fingerprint density at radius 1 is 1.24 bits per heavy atom. The van der Waals surface area contributed by atoms with E-state index in [4.69, 9.17) is 0 Å². The Bertz CT molecular complexity index is 667. The predicted molar refractivity (Wildman–Crippen MR) is 82.8 cm³/mol. The van der Waals surface area contributed by atoms with Gasteiger partial charge >= 0.3 is 0 Å². The molecule has 2 aromatic rings. The summed E-state index contributed by atoms with van der Waals surface area (Å²) in [5.74, 6) is 0.353. The Balaban J connectivity index is 1.96. The second kappa shape index (κ2) is 5.84. The van der Waals surface area contributed by atoms with E-state index in [0.29, 0.717) is 22.3 Å². The summed E-state index contributed by atoms with van der Waals surface area (Å²) in [7, 11) is 0. The van der Waals surface area contributed by atoms with Gasteiger partial charge in [-0.2, -0.15) is 0 Å². The maximum atomic E-state index is 13.9. The molecule has 3 heteroatoms. The minimum Gasteiger partial charge on any atom is -0.338 e. The normalized spacial score (nSPS) is 19.0. The molecule has 1 unspecified atom stereocenters. The SMILES string of the molecule is CCC1CCCN(C(=O)c2ccc(F)c3ccccc23)C1. The molecule has 1 aliphatic rings. The van der Waals surface area contributed by atoms with Crippen molar-refractivity contribution in [1.29, 1.82) is 0 Å². The highest BCUT2D eigenvalue weighted by atomic mass is 19.1. The number of rotatable bonds is 2. The molecule has 3 rings (SSSR count). The number of halogens is 1. The third kappa shape index (κ3) is 2.65. The number of hydrogen-bond donors (Lipinski definition) is 0. The molecule has 110 valence electrons. The van der Waals surface area contributed by atoms with E-state index < -0.39 is 0 Å². The van der Waals surface area contributed by atoms with Crippen LogP contribution in [0.5, 0.6) is 0 Å². The van der Waals surface area contributed by atoms with Gasteiger partial charge in [0.1, 0.15) is 5.82 Å². The average Bonchev–Trinajstić information content (AvgIpc) is 2.55. The minimum absolute atomic E-state index is 0.0318. The fourth-order valence-electron chi connectivity index (χ4n) is 3.20. The molecule has 1 heterocycles. The van der Waals surface area contributed by atoms with Crippen LogP contribution in [0.4, 0.5) is 4.39 Å². The largest absolute Gasteiger partial charge is 0.338 e. The van der Waals surface area contributed by atoms with Crippen LogP contribution in [0.1, 0.15) is 36.5 Å². The number of hydrogen-bond acceptors (Lipinski definition) is 1. The molecular weight excluding hydrogens is 265 g/mol. The van der Waals surface area contributed by atoms with E-state index in [-0.39, 0.29) is 11.7 Å². The standard InChI is InChI=1S/C18H20FNO/c1-2-13-6-5-11-20(12-13)18(21)16-9-10-17(19)15-8-4-3-7-14(15)16/h3-4,7-10,13H,2,5-6,11-12H2,1H3. The first-order valence-corrected chi connectivity index (χ1v) is 7.67. The van der Waals surface area contributed by atoms with E-state index in [1.807, 2.05) is 17.0 Å². The van der Waals surface area contributed by atoms with E-state index >= 15 is 0 Å². The lowest BCUT2D eigenvalue weighted by molar-refractivity contribution is 0.0673. The van der Waals surface area contributed by atoms with Gasteiger partial charge in [-0.3, -0.25) is 4.79 Å². The van der Waals surface area contributed by atoms with E-state index in [9.17, 15) is 9.18 Å². The third-order valence-corrected chi connectivity index (χ3v) is 4.48. The van der Waals surface area contributed by atoms with Crippen LogP contribution >= 0.6 is 0 Å². The molecule has 0 saturated carbocycles. The van der Waals surface area contributed by atoms with Gasteiger partial charge in [0.05, 0.1) is 0 Å². The summed E-state index contributed by atoms with van der Waals surface area (Å²) < 4.78 is 13.9. The lowest BCUT2D eigenvalue weighted by Gasteiger charge is -2.32. The summed E-state index contributed by atoms with van der Waals surface area (Å²) in [6.07, 6.45) is 3.36. The van der Waals surface area contributed by atoms with Crippen molar-refractivity contribution >= 4 is 16.7 Å². The van der Waals surface area contributed by atoms with E-state index in [1.54, 1.807) is 18.2 Å². The zero-order valence-corrected chi connectivity index (χ0v) is 12.3. The van der Waals surface area contributed by atoms with Crippen LogP contribution in [-0.4, -0.2) is 23.9 Å². The molecule has 2 nitrogen and oxygen atoms in total. The number of nitrogens with zero attached hydrogens (tertiary/aromatic N) is 1. The van der Waals surface area contributed by atoms with Crippen molar-refractivity contribution in [2.24, 2.45) is 5.92 Å². The first kappa shape index (κ1) is 14.1. The van der Waals surface area contributed by atoms with Crippen LogP contribution in [0.25, 0.3) is 10.8 Å². The molecule has 0 aliphatic carbocycles. The van der Waals surface area contributed by atoms with Crippen molar-refractivity contribution in [3.63, 3.8) is 0 Å². The second-order valence-corrected chi connectivity index (χ2v) is 5.81. The number of benzene rings is 2. The van der Waals surface area contributed by atoms with Gasteiger partial charge in [0, 0.05) is 24.0 Å². The third-order valence-electron chi connectivity index (χ3n) is 4.48. The van der Waals surface area contributed by atoms with Crippen LogP contribution in [0.3, 0.4) is 0 Å². The zero-order valence-electron chi connectivity index (χ0n) is 12.3. The van der Waals surface area contributed by atoms with Crippen molar-refractivity contribution in [2.45, 2.75) is 26.2 Å². The molecule has 0 N–H and O–H groups in total. The first-order chi connectivity index (χ1) is 10.2. The summed E-state index contributed by atoms with van der Waals surface area (Å²) in [4.78, 5) is 14.7. The Morgan fingerprint density at radius 3 is 2.76 bits per heavy atom. The van der Waals surface area contributed by atoms with Crippen molar-refractivity contribution in [2.75, 3.05) is 13.1 Å². The molecule has 1 amide bonds. The fraction of sp³-hybridized carbons (Fsp3) is 0.389. The Labute approximate surface area is 124 Å². The van der Waals surface area contributed by atoms with E-state index in [2.05, 4.69) is 6.92 Å². The number of carbonyl (C=O) groups excluding carboxylic acids is 1. The van der Waals surface area contributed by atoms with Gasteiger partial charge in [-0.15, -0.1) is 0 Å². The Hall–Kier alpha value is -1.90. The molecule has 1 saturated heterocycles. The van der Waals surface area contributed by atoms with Crippen molar-refractivity contribution in [1.82, 2.24) is 4.90 Å². The summed E-state index contributed by atoms with van der Waals surface area (Å²) in [5.41, 5.74) is 0.615. The average molecular weight is 285 g/mol. The smallest absolute Gasteiger partial charge is 0.254 e. The van der Waals surface area contributed by atoms with Crippen molar-refractivity contribution in [3.05, 3.63) is 47.8 Å². The monoisotopic (exact) mass is 285 g/mol.